The molecule has 3 aromatic rings. The number of likely N-dealkylation sites (tertiary alicyclic amines) is 1. The molecule has 2 aromatic heterocycles. The van der Waals surface area contributed by atoms with Crippen molar-refractivity contribution in [3.63, 3.8) is 0 Å². The third kappa shape index (κ3) is 3.57. The first-order valence-electron chi connectivity index (χ1n) is 12.0. The zero-order chi connectivity index (χ0) is 23.4. The highest BCUT2D eigenvalue weighted by Crippen LogP contribution is 2.48. The number of carbonyl (C=O) groups excluding carboxylic acids is 3. The molecule has 3 fully saturated rings. The number of fused-ring (bicyclic) bond motifs is 2. The second-order valence-electron chi connectivity index (χ2n) is 9.84. The average molecular weight is 458 g/mol. The summed E-state index contributed by atoms with van der Waals surface area (Å²) in [5, 5.41) is 8.20. The Bertz CT molecular complexity index is 1280. The van der Waals surface area contributed by atoms with Crippen LogP contribution in [0.1, 0.15) is 54.6 Å². The molecule has 3 atom stereocenters. The molecule has 0 spiro atoms. The van der Waals surface area contributed by atoms with Crippen LogP contribution < -0.4 is 5.32 Å². The third-order valence-corrected chi connectivity index (χ3v) is 7.58. The topological polar surface area (TPSA) is 97.2 Å². The first-order valence-corrected chi connectivity index (χ1v) is 12.0. The number of nitrogens with one attached hydrogen (secondary N) is 1. The summed E-state index contributed by atoms with van der Waals surface area (Å²) in [4.78, 5) is 44.6. The van der Waals surface area contributed by atoms with E-state index in [2.05, 4.69) is 27.5 Å². The number of aromatic nitrogens is 3. The number of pyridine rings is 1. The minimum atomic E-state index is -0.436. The van der Waals surface area contributed by atoms with Crippen LogP contribution >= 0.6 is 0 Å². The first-order chi connectivity index (χ1) is 16.5. The molecular weight excluding hydrogens is 430 g/mol. The molecule has 174 valence electrons. The van der Waals surface area contributed by atoms with E-state index in [4.69, 9.17) is 0 Å². The van der Waals surface area contributed by atoms with Crippen molar-refractivity contribution in [1.29, 1.82) is 0 Å². The third-order valence-electron chi connectivity index (χ3n) is 7.58. The molecule has 2 saturated carbocycles. The number of amides is 2. The number of Topliss-reactive ketones (excluding diaryl/α,β-unsaturated/α-hetero) is 1. The first kappa shape index (κ1) is 21.0. The van der Waals surface area contributed by atoms with Gasteiger partial charge in [0.05, 0.1) is 5.39 Å². The molecule has 6 rings (SSSR count). The van der Waals surface area contributed by atoms with Crippen LogP contribution in [0.2, 0.25) is 0 Å². The van der Waals surface area contributed by atoms with E-state index in [1.54, 1.807) is 23.2 Å². The SMILES string of the molecule is CC(=O)c1nn(CC(=O)N2[C@@H]3C[C@@H]3C[C@H]2C(=O)NC2CC(c3ccccc3)C2)c2ncccc12. The molecule has 1 N–H and O–H groups in total. The Labute approximate surface area is 197 Å². The summed E-state index contributed by atoms with van der Waals surface area (Å²) < 4.78 is 1.50. The Balaban J connectivity index is 1.14. The summed E-state index contributed by atoms with van der Waals surface area (Å²) in [6.07, 6.45) is 5.16. The summed E-state index contributed by atoms with van der Waals surface area (Å²) >= 11 is 0. The van der Waals surface area contributed by atoms with Crippen molar-refractivity contribution in [3.8, 4) is 0 Å². The largest absolute Gasteiger partial charge is 0.352 e. The highest BCUT2D eigenvalue weighted by Gasteiger charge is 2.56. The molecule has 3 aliphatic rings. The summed E-state index contributed by atoms with van der Waals surface area (Å²) in [5.74, 6) is 0.519. The minimum Gasteiger partial charge on any atom is -0.352 e. The lowest BCUT2D eigenvalue weighted by molar-refractivity contribution is -0.140. The van der Waals surface area contributed by atoms with Crippen molar-refractivity contribution in [2.75, 3.05) is 0 Å². The number of nitrogens with zero attached hydrogens (tertiary/aromatic N) is 4. The Kier molecular flexibility index (Phi) is 4.97. The molecule has 8 nitrogen and oxygen atoms in total. The summed E-state index contributed by atoms with van der Waals surface area (Å²) in [6.45, 7) is 1.42. The fourth-order valence-corrected chi connectivity index (χ4v) is 5.67. The molecule has 3 heterocycles. The standard InChI is InChI=1S/C26H27N5O3/c1-15(32)24-20-8-5-9-27-25(20)30(29-24)14-23(33)31-21-12-18(21)13-22(31)26(34)28-19-10-17(11-19)16-6-3-2-4-7-16/h2-9,17-19,21-22H,10-14H2,1H3,(H,28,34)/t17?,18-,19?,21-,22+/m1/s1. The van der Waals surface area contributed by atoms with Crippen molar-refractivity contribution in [2.24, 2.45) is 5.92 Å². The van der Waals surface area contributed by atoms with E-state index >= 15 is 0 Å². The lowest BCUT2D eigenvalue weighted by Crippen LogP contribution is -2.53. The van der Waals surface area contributed by atoms with Crippen molar-refractivity contribution in [2.45, 2.75) is 63.2 Å². The lowest BCUT2D eigenvalue weighted by atomic mass is 9.76. The quantitative estimate of drug-likeness (QED) is 0.574. The maximum absolute atomic E-state index is 13.4. The van der Waals surface area contributed by atoms with E-state index in [-0.39, 0.29) is 36.2 Å². The van der Waals surface area contributed by atoms with Gasteiger partial charge in [-0.2, -0.15) is 5.10 Å². The van der Waals surface area contributed by atoms with Gasteiger partial charge in [0.15, 0.2) is 11.4 Å². The number of benzene rings is 1. The number of piperidine rings is 1. The molecule has 0 unspecified atom stereocenters. The number of hydrogen-bond acceptors (Lipinski definition) is 5. The molecule has 2 aliphatic carbocycles. The molecular formula is C26H27N5O3. The zero-order valence-corrected chi connectivity index (χ0v) is 19.1. The van der Waals surface area contributed by atoms with Crippen molar-refractivity contribution < 1.29 is 14.4 Å². The maximum atomic E-state index is 13.4. The van der Waals surface area contributed by atoms with Gasteiger partial charge in [0.2, 0.25) is 11.8 Å². The predicted molar refractivity (Wildman–Crippen MR) is 125 cm³/mol. The normalized spacial score (nSPS) is 27.2. The van der Waals surface area contributed by atoms with E-state index < -0.39 is 6.04 Å². The lowest BCUT2D eigenvalue weighted by Gasteiger charge is -2.37. The molecule has 2 amide bonds. The molecule has 1 aromatic carbocycles. The van der Waals surface area contributed by atoms with Gasteiger partial charge in [-0.1, -0.05) is 30.3 Å². The van der Waals surface area contributed by atoms with Crippen LogP contribution in [0.4, 0.5) is 0 Å². The van der Waals surface area contributed by atoms with Crippen LogP contribution in [-0.2, 0) is 16.1 Å². The molecule has 34 heavy (non-hydrogen) atoms. The molecule has 1 saturated heterocycles. The second kappa shape index (κ2) is 8.04. The van der Waals surface area contributed by atoms with Gasteiger partial charge in [0.25, 0.3) is 0 Å². The van der Waals surface area contributed by atoms with Gasteiger partial charge in [0.1, 0.15) is 18.3 Å². The number of hydrogen-bond donors (Lipinski definition) is 1. The molecule has 8 heteroatoms. The van der Waals surface area contributed by atoms with Crippen LogP contribution in [0.15, 0.2) is 48.7 Å². The van der Waals surface area contributed by atoms with Gasteiger partial charge in [0, 0.05) is 25.2 Å². The van der Waals surface area contributed by atoms with Crippen LogP contribution in [0.5, 0.6) is 0 Å². The maximum Gasteiger partial charge on any atom is 0.245 e. The van der Waals surface area contributed by atoms with Crippen LogP contribution in [0, 0.1) is 5.92 Å². The Morgan fingerprint density at radius 2 is 1.82 bits per heavy atom. The van der Waals surface area contributed by atoms with Crippen molar-refractivity contribution >= 4 is 28.6 Å². The Hall–Kier alpha value is -3.55. The van der Waals surface area contributed by atoms with Gasteiger partial charge in [-0.3, -0.25) is 14.4 Å². The number of rotatable bonds is 6. The highest BCUT2D eigenvalue weighted by atomic mass is 16.2. The summed E-state index contributed by atoms with van der Waals surface area (Å²) in [5.41, 5.74) is 2.14. The van der Waals surface area contributed by atoms with Crippen LogP contribution in [0.25, 0.3) is 11.0 Å². The smallest absolute Gasteiger partial charge is 0.245 e. The van der Waals surface area contributed by atoms with E-state index in [9.17, 15) is 14.4 Å². The minimum absolute atomic E-state index is 0.0344. The van der Waals surface area contributed by atoms with Gasteiger partial charge in [-0.25, -0.2) is 9.67 Å². The van der Waals surface area contributed by atoms with E-state index in [0.717, 1.165) is 19.3 Å². The van der Waals surface area contributed by atoms with E-state index in [1.165, 1.54) is 17.2 Å². The second-order valence-corrected chi connectivity index (χ2v) is 9.84. The van der Waals surface area contributed by atoms with E-state index in [1.807, 2.05) is 18.2 Å². The van der Waals surface area contributed by atoms with Gasteiger partial charge >= 0.3 is 0 Å². The number of ketones is 1. The van der Waals surface area contributed by atoms with Crippen molar-refractivity contribution in [3.05, 3.63) is 59.9 Å². The van der Waals surface area contributed by atoms with Gasteiger partial charge in [-0.05, 0) is 55.2 Å². The summed E-state index contributed by atoms with van der Waals surface area (Å²) in [6, 6.07) is 13.8. The van der Waals surface area contributed by atoms with Crippen LogP contribution in [0.3, 0.4) is 0 Å². The highest BCUT2D eigenvalue weighted by molar-refractivity contribution is 6.04. The monoisotopic (exact) mass is 457 g/mol. The average Bonchev–Trinajstić information content (AvgIpc) is 3.31. The molecule has 1 aliphatic heterocycles. The Morgan fingerprint density at radius 1 is 1.03 bits per heavy atom. The zero-order valence-electron chi connectivity index (χ0n) is 19.1. The molecule has 0 bridgehead atoms. The van der Waals surface area contributed by atoms with Gasteiger partial charge < -0.3 is 10.2 Å². The van der Waals surface area contributed by atoms with Crippen molar-refractivity contribution in [1.82, 2.24) is 25.0 Å². The fraction of sp³-hybridized carbons (Fsp3) is 0.423. The molecule has 0 radical (unpaired) electrons. The van der Waals surface area contributed by atoms with E-state index in [0.29, 0.717) is 35.0 Å². The Morgan fingerprint density at radius 3 is 2.59 bits per heavy atom. The van der Waals surface area contributed by atoms with Crippen LogP contribution in [-0.4, -0.2) is 55.4 Å². The summed E-state index contributed by atoms with van der Waals surface area (Å²) in [7, 11) is 0. The fourth-order valence-electron chi connectivity index (χ4n) is 5.67. The van der Waals surface area contributed by atoms with Gasteiger partial charge in [-0.15, -0.1) is 0 Å². The predicted octanol–water partition coefficient (Wildman–Crippen LogP) is 2.69. The number of carbonyl (C=O) groups is 3.